The van der Waals surface area contributed by atoms with Crippen LogP contribution in [0, 0.1) is 18.6 Å². The van der Waals surface area contributed by atoms with E-state index in [4.69, 9.17) is 0 Å². The zero-order chi connectivity index (χ0) is 8.72. The molecule has 0 aliphatic heterocycles. The summed E-state index contributed by atoms with van der Waals surface area (Å²) in [6, 6.07) is 2.77. The lowest BCUT2D eigenvalue weighted by molar-refractivity contribution is 0.620. The van der Waals surface area contributed by atoms with E-state index in [0.29, 0.717) is 15.6 Å². The first-order valence-corrected chi connectivity index (χ1v) is 4.40. The predicted octanol–water partition coefficient (Wildman–Crippen LogP) is 3.49. The summed E-state index contributed by atoms with van der Waals surface area (Å²) in [4.78, 5) is 0. The molecule has 0 spiro atoms. The standard InChI is InChI=1S/C9H6F2S/c1-5-7(10)3-2-6-8(11)4-12-9(5)6/h2-4H,1H3. The molecule has 12 heavy (non-hydrogen) atoms. The number of rotatable bonds is 0. The summed E-state index contributed by atoms with van der Waals surface area (Å²) in [7, 11) is 0. The summed E-state index contributed by atoms with van der Waals surface area (Å²) in [5.41, 5.74) is 0.529. The molecular weight excluding hydrogens is 178 g/mol. The van der Waals surface area contributed by atoms with Crippen LogP contribution in [-0.2, 0) is 0 Å². The van der Waals surface area contributed by atoms with Crippen LogP contribution in [-0.4, -0.2) is 0 Å². The molecule has 0 fully saturated rings. The smallest absolute Gasteiger partial charge is 0.141 e. The summed E-state index contributed by atoms with van der Waals surface area (Å²) in [6.07, 6.45) is 0. The van der Waals surface area contributed by atoms with E-state index in [1.807, 2.05) is 0 Å². The van der Waals surface area contributed by atoms with Crippen LogP contribution in [0.4, 0.5) is 8.78 Å². The number of fused-ring (bicyclic) bond motifs is 1. The number of aryl methyl sites for hydroxylation is 1. The number of halogens is 2. The van der Waals surface area contributed by atoms with Crippen molar-refractivity contribution in [2.24, 2.45) is 0 Å². The predicted molar refractivity (Wildman–Crippen MR) is 46.5 cm³/mol. The lowest BCUT2D eigenvalue weighted by atomic mass is 10.2. The van der Waals surface area contributed by atoms with Gasteiger partial charge in [0, 0.05) is 21.0 Å². The molecule has 0 saturated carbocycles. The van der Waals surface area contributed by atoms with E-state index in [9.17, 15) is 8.78 Å². The summed E-state index contributed by atoms with van der Waals surface area (Å²) >= 11 is 1.24. The van der Waals surface area contributed by atoms with Crippen molar-refractivity contribution < 1.29 is 8.78 Å². The van der Waals surface area contributed by atoms with Gasteiger partial charge in [-0.2, -0.15) is 0 Å². The Balaban J connectivity index is 2.93. The van der Waals surface area contributed by atoms with Crippen LogP contribution < -0.4 is 0 Å². The van der Waals surface area contributed by atoms with Crippen LogP contribution in [0.1, 0.15) is 5.56 Å². The molecule has 3 heteroatoms. The van der Waals surface area contributed by atoms with E-state index < -0.39 is 0 Å². The van der Waals surface area contributed by atoms with Crippen molar-refractivity contribution >= 4 is 21.4 Å². The molecule has 1 heterocycles. The molecule has 0 aliphatic carbocycles. The van der Waals surface area contributed by atoms with E-state index in [2.05, 4.69) is 0 Å². The Bertz CT molecular complexity index is 431. The summed E-state index contributed by atoms with van der Waals surface area (Å²) in [6.45, 7) is 1.66. The molecule has 0 unspecified atom stereocenters. The third-order valence-electron chi connectivity index (χ3n) is 1.88. The first-order chi connectivity index (χ1) is 5.70. The van der Waals surface area contributed by atoms with E-state index in [1.54, 1.807) is 6.92 Å². The van der Waals surface area contributed by atoms with Gasteiger partial charge in [0.1, 0.15) is 11.6 Å². The van der Waals surface area contributed by atoms with E-state index >= 15 is 0 Å². The van der Waals surface area contributed by atoms with Crippen molar-refractivity contribution in [1.29, 1.82) is 0 Å². The molecule has 0 amide bonds. The van der Waals surface area contributed by atoms with E-state index in [1.165, 1.54) is 28.8 Å². The van der Waals surface area contributed by atoms with Crippen molar-refractivity contribution in [3.8, 4) is 0 Å². The topological polar surface area (TPSA) is 0 Å². The maximum Gasteiger partial charge on any atom is 0.141 e. The molecule has 1 aromatic heterocycles. The van der Waals surface area contributed by atoms with Gasteiger partial charge in [0.25, 0.3) is 0 Å². The number of thiophene rings is 1. The maximum atomic E-state index is 12.9. The Hall–Kier alpha value is -0.960. The maximum absolute atomic E-state index is 12.9. The van der Waals surface area contributed by atoms with Gasteiger partial charge in [0.05, 0.1) is 0 Å². The Labute approximate surface area is 72.4 Å². The van der Waals surface area contributed by atoms with Gasteiger partial charge in [0.2, 0.25) is 0 Å². The van der Waals surface area contributed by atoms with Gasteiger partial charge in [0.15, 0.2) is 0 Å². The van der Waals surface area contributed by atoms with Crippen LogP contribution in [0.25, 0.3) is 10.1 Å². The fraction of sp³-hybridized carbons (Fsp3) is 0.111. The third-order valence-corrected chi connectivity index (χ3v) is 2.96. The highest BCUT2D eigenvalue weighted by molar-refractivity contribution is 7.17. The first-order valence-electron chi connectivity index (χ1n) is 3.52. The average molecular weight is 184 g/mol. The largest absolute Gasteiger partial charge is 0.207 e. The highest BCUT2D eigenvalue weighted by Crippen LogP contribution is 2.28. The van der Waals surface area contributed by atoms with Gasteiger partial charge in [-0.1, -0.05) is 0 Å². The zero-order valence-electron chi connectivity index (χ0n) is 6.40. The molecule has 0 aliphatic rings. The Morgan fingerprint density at radius 1 is 1.17 bits per heavy atom. The Kier molecular flexibility index (Phi) is 1.61. The molecule has 0 saturated heterocycles. The van der Waals surface area contributed by atoms with Gasteiger partial charge in [-0.25, -0.2) is 8.78 Å². The van der Waals surface area contributed by atoms with Gasteiger partial charge in [-0.15, -0.1) is 11.3 Å². The molecule has 0 nitrogen and oxygen atoms in total. The van der Waals surface area contributed by atoms with Crippen LogP contribution in [0.2, 0.25) is 0 Å². The summed E-state index contributed by atoms with van der Waals surface area (Å²) in [5.74, 6) is -0.539. The molecule has 0 N–H and O–H groups in total. The summed E-state index contributed by atoms with van der Waals surface area (Å²) in [5, 5.41) is 1.91. The molecule has 1 aromatic carbocycles. The number of benzene rings is 1. The summed E-state index contributed by atoms with van der Waals surface area (Å²) < 4.78 is 26.6. The third kappa shape index (κ3) is 0.932. The molecule has 0 radical (unpaired) electrons. The normalized spacial score (nSPS) is 10.9. The molecular formula is C9H6F2S. The second kappa shape index (κ2) is 2.52. The quantitative estimate of drug-likeness (QED) is 0.588. The lowest BCUT2D eigenvalue weighted by Crippen LogP contribution is -1.80. The zero-order valence-corrected chi connectivity index (χ0v) is 7.21. The van der Waals surface area contributed by atoms with Crippen LogP contribution in [0.3, 0.4) is 0 Å². The first kappa shape index (κ1) is 7.68. The highest BCUT2D eigenvalue weighted by atomic mass is 32.1. The van der Waals surface area contributed by atoms with Crippen LogP contribution in [0.15, 0.2) is 17.5 Å². The van der Waals surface area contributed by atoms with Crippen molar-refractivity contribution in [3.05, 3.63) is 34.7 Å². The van der Waals surface area contributed by atoms with Crippen LogP contribution in [0.5, 0.6) is 0 Å². The van der Waals surface area contributed by atoms with Gasteiger partial charge >= 0.3 is 0 Å². The minimum absolute atomic E-state index is 0.266. The van der Waals surface area contributed by atoms with Crippen molar-refractivity contribution in [3.63, 3.8) is 0 Å². The molecule has 0 atom stereocenters. The highest BCUT2D eigenvalue weighted by Gasteiger charge is 2.07. The lowest BCUT2D eigenvalue weighted by Gasteiger charge is -1.96. The van der Waals surface area contributed by atoms with E-state index in [0.717, 1.165) is 0 Å². The van der Waals surface area contributed by atoms with Gasteiger partial charge < -0.3 is 0 Å². The Morgan fingerprint density at radius 2 is 1.92 bits per heavy atom. The second-order valence-corrected chi connectivity index (χ2v) is 3.51. The molecule has 0 bridgehead atoms. The van der Waals surface area contributed by atoms with Gasteiger partial charge in [-0.05, 0) is 19.1 Å². The van der Waals surface area contributed by atoms with Gasteiger partial charge in [-0.3, -0.25) is 0 Å². The molecule has 2 rings (SSSR count). The molecule has 2 aromatic rings. The average Bonchev–Trinajstić information content (AvgIpc) is 2.41. The Morgan fingerprint density at radius 3 is 2.67 bits per heavy atom. The number of hydrogen-bond donors (Lipinski definition) is 0. The molecule has 62 valence electrons. The second-order valence-electron chi connectivity index (χ2n) is 2.63. The van der Waals surface area contributed by atoms with Crippen molar-refractivity contribution in [2.45, 2.75) is 6.92 Å². The number of hydrogen-bond acceptors (Lipinski definition) is 1. The van der Waals surface area contributed by atoms with Crippen molar-refractivity contribution in [2.75, 3.05) is 0 Å². The fourth-order valence-corrected chi connectivity index (χ4v) is 2.10. The fourth-order valence-electron chi connectivity index (χ4n) is 1.18. The SMILES string of the molecule is Cc1c(F)ccc2c(F)csc12. The minimum atomic E-state index is -0.274. The van der Waals surface area contributed by atoms with Crippen molar-refractivity contribution in [1.82, 2.24) is 0 Å². The minimum Gasteiger partial charge on any atom is -0.207 e. The monoisotopic (exact) mass is 184 g/mol. The van der Waals surface area contributed by atoms with Crippen LogP contribution >= 0.6 is 11.3 Å². The van der Waals surface area contributed by atoms with E-state index in [-0.39, 0.29) is 11.6 Å².